The van der Waals surface area contributed by atoms with Crippen LogP contribution < -0.4 is 9.64 Å². The van der Waals surface area contributed by atoms with Crippen molar-refractivity contribution in [2.75, 3.05) is 64.5 Å². The van der Waals surface area contributed by atoms with Crippen molar-refractivity contribution in [1.29, 1.82) is 0 Å². The lowest BCUT2D eigenvalue weighted by atomic mass is 10.2. The van der Waals surface area contributed by atoms with Gasteiger partial charge in [0.25, 0.3) is 5.91 Å². The van der Waals surface area contributed by atoms with E-state index in [2.05, 4.69) is 4.90 Å². The van der Waals surface area contributed by atoms with Crippen molar-refractivity contribution in [3.8, 4) is 5.75 Å². The van der Waals surface area contributed by atoms with Gasteiger partial charge in [-0.05, 0) is 61.7 Å². The van der Waals surface area contributed by atoms with Crippen molar-refractivity contribution < 1.29 is 22.7 Å². The van der Waals surface area contributed by atoms with Gasteiger partial charge in [-0.25, -0.2) is 13.4 Å². The molecule has 2 saturated heterocycles. The van der Waals surface area contributed by atoms with E-state index in [0.717, 1.165) is 68.1 Å². The van der Waals surface area contributed by atoms with Crippen LogP contribution in [0.3, 0.4) is 0 Å². The number of benzene rings is 2. The van der Waals surface area contributed by atoms with Gasteiger partial charge in [-0.15, -0.1) is 12.4 Å². The van der Waals surface area contributed by atoms with Gasteiger partial charge in [0.1, 0.15) is 5.75 Å². The third-order valence-corrected chi connectivity index (χ3v) is 9.78. The Labute approximate surface area is 233 Å². The van der Waals surface area contributed by atoms with Gasteiger partial charge in [-0.1, -0.05) is 11.3 Å². The molecule has 0 saturated carbocycles. The molecule has 0 N–H and O–H groups in total. The SMILES string of the molecule is COc1ccc2nc(N(CCCN3CCOCC3)C(=O)c3ccc(S(=O)(=O)N4CCCC4)cc3)sc2c1.Cl. The monoisotopic (exact) mass is 580 g/mol. The second-order valence-corrected chi connectivity index (χ2v) is 12.2. The molecule has 0 unspecified atom stereocenters. The number of halogens is 1. The van der Waals surface area contributed by atoms with E-state index < -0.39 is 10.0 Å². The zero-order chi connectivity index (χ0) is 25.8. The minimum Gasteiger partial charge on any atom is -0.497 e. The number of amides is 1. The molecule has 38 heavy (non-hydrogen) atoms. The van der Waals surface area contributed by atoms with Crippen molar-refractivity contribution in [3.05, 3.63) is 48.0 Å². The summed E-state index contributed by atoms with van der Waals surface area (Å²) in [4.78, 5) is 22.7. The van der Waals surface area contributed by atoms with E-state index in [0.29, 0.717) is 30.3 Å². The second-order valence-electron chi connectivity index (χ2n) is 9.23. The summed E-state index contributed by atoms with van der Waals surface area (Å²) < 4.78 is 39.1. The van der Waals surface area contributed by atoms with E-state index in [9.17, 15) is 13.2 Å². The molecule has 1 aromatic heterocycles. The summed E-state index contributed by atoms with van der Waals surface area (Å²) in [7, 11) is -1.91. The van der Waals surface area contributed by atoms with Crippen LogP contribution in [0.5, 0.6) is 5.75 Å². The van der Waals surface area contributed by atoms with Gasteiger partial charge >= 0.3 is 0 Å². The molecule has 2 fully saturated rings. The number of nitrogens with zero attached hydrogens (tertiary/aromatic N) is 4. The molecule has 0 atom stereocenters. The van der Waals surface area contributed by atoms with Crippen LogP contribution in [-0.2, 0) is 14.8 Å². The Morgan fingerprint density at radius 1 is 1.08 bits per heavy atom. The smallest absolute Gasteiger partial charge is 0.260 e. The van der Waals surface area contributed by atoms with E-state index in [1.54, 1.807) is 24.1 Å². The number of methoxy groups -OCH3 is 1. The van der Waals surface area contributed by atoms with Crippen LogP contribution >= 0.6 is 23.7 Å². The number of carbonyl (C=O) groups is 1. The van der Waals surface area contributed by atoms with Gasteiger partial charge < -0.3 is 9.47 Å². The van der Waals surface area contributed by atoms with E-state index in [-0.39, 0.29) is 23.2 Å². The van der Waals surface area contributed by atoms with Crippen molar-refractivity contribution in [1.82, 2.24) is 14.2 Å². The summed E-state index contributed by atoms with van der Waals surface area (Å²) in [5.41, 5.74) is 1.24. The van der Waals surface area contributed by atoms with Gasteiger partial charge in [-0.2, -0.15) is 4.31 Å². The quantitative estimate of drug-likeness (QED) is 0.379. The molecule has 3 heterocycles. The first kappa shape index (κ1) is 28.7. The van der Waals surface area contributed by atoms with Crippen molar-refractivity contribution in [2.45, 2.75) is 24.2 Å². The summed E-state index contributed by atoms with van der Waals surface area (Å²) in [5, 5.41) is 0.615. The molecular formula is C26H33ClN4O5S2. The molecule has 2 aliphatic heterocycles. The van der Waals surface area contributed by atoms with Gasteiger partial charge in [0.2, 0.25) is 10.0 Å². The van der Waals surface area contributed by atoms with E-state index in [1.807, 2.05) is 18.2 Å². The maximum absolute atomic E-state index is 13.7. The molecule has 5 rings (SSSR count). The minimum absolute atomic E-state index is 0. The number of thiazole rings is 1. The molecule has 12 heteroatoms. The molecular weight excluding hydrogens is 548 g/mol. The van der Waals surface area contributed by atoms with E-state index >= 15 is 0 Å². The molecule has 2 aromatic carbocycles. The number of aromatic nitrogens is 1. The summed E-state index contributed by atoms with van der Waals surface area (Å²) in [6.45, 7) is 5.69. The van der Waals surface area contributed by atoms with Crippen LogP contribution in [0.1, 0.15) is 29.6 Å². The number of ether oxygens (including phenoxy) is 2. The normalized spacial score (nSPS) is 16.9. The predicted octanol–water partition coefficient (Wildman–Crippen LogP) is 3.88. The first-order chi connectivity index (χ1) is 18.0. The highest BCUT2D eigenvalue weighted by atomic mass is 35.5. The van der Waals surface area contributed by atoms with Crippen LogP contribution in [0.25, 0.3) is 10.2 Å². The van der Waals surface area contributed by atoms with Crippen molar-refractivity contribution >= 4 is 55.0 Å². The lowest BCUT2D eigenvalue weighted by Gasteiger charge is -2.27. The van der Waals surface area contributed by atoms with Gasteiger partial charge in [0, 0.05) is 44.8 Å². The molecule has 2 aliphatic rings. The lowest BCUT2D eigenvalue weighted by molar-refractivity contribution is 0.0376. The number of carbonyl (C=O) groups excluding carboxylic acids is 1. The number of anilines is 1. The third kappa shape index (κ3) is 6.30. The number of hydrogen-bond acceptors (Lipinski definition) is 8. The molecule has 9 nitrogen and oxygen atoms in total. The van der Waals surface area contributed by atoms with Crippen molar-refractivity contribution in [2.24, 2.45) is 0 Å². The second kappa shape index (κ2) is 12.7. The summed E-state index contributed by atoms with van der Waals surface area (Å²) >= 11 is 1.45. The Bertz CT molecular complexity index is 1340. The van der Waals surface area contributed by atoms with Gasteiger partial charge in [-0.3, -0.25) is 14.6 Å². The highest BCUT2D eigenvalue weighted by molar-refractivity contribution is 7.89. The largest absolute Gasteiger partial charge is 0.497 e. The first-order valence-corrected chi connectivity index (χ1v) is 14.9. The summed E-state index contributed by atoms with van der Waals surface area (Å²) in [5.74, 6) is 0.542. The third-order valence-electron chi connectivity index (χ3n) is 6.82. The van der Waals surface area contributed by atoms with Crippen LogP contribution in [0.2, 0.25) is 0 Å². The zero-order valence-corrected chi connectivity index (χ0v) is 23.8. The molecule has 0 aliphatic carbocycles. The van der Waals surface area contributed by atoms with Crippen LogP contribution in [0, 0.1) is 0 Å². The average Bonchev–Trinajstić information content (AvgIpc) is 3.62. The average molecular weight is 581 g/mol. The zero-order valence-electron chi connectivity index (χ0n) is 21.4. The number of sulfonamides is 1. The number of fused-ring (bicyclic) bond motifs is 1. The molecule has 0 radical (unpaired) electrons. The summed E-state index contributed by atoms with van der Waals surface area (Å²) in [6.07, 6.45) is 2.54. The lowest BCUT2D eigenvalue weighted by Crippen LogP contribution is -2.39. The van der Waals surface area contributed by atoms with Gasteiger partial charge in [0.05, 0.1) is 35.4 Å². The maximum atomic E-state index is 13.7. The minimum atomic E-state index is -3.53. The standard InChI is InChI=1S/C26H32N4O5S2.ClH/c1-34-21-7-10-23-24(19-21)36-26(27-23)30(14-4-11-28-15-17-35-18-16-28)25(31)20-5-8-22(9-6-20)37(32,33)29-12-2-3-13-29;/h5-10,19H,2-4,11-18H2,1H3;1H. The molecule has 3 aromatic rings. The van der Waals surface area contributed by atoms with Crippen molar-refractivity contribution in [3.63, 3.8) is 0 Å². The fourth-order valence-electron chi connectivity index (χ4n) is 4.70. The Morgan fingerprint density at radius 2 is 1.79 bits per heavy atom. The van der Waals surface area contributed by atoms with E-state index in [4.69, 9.17) is 14.5 Å². The molecule has 1 amide bonds. The highest BCUT2D eigenvalue weighted by Gasteiger charge is 2.28. The first-order valence-electron chi connectivity index (χ1n) is 12.6. The van der Waals surface area contributed by atoms with Crippen LogP contribution in [0.15, 0.2) is 47.4 Å². The number of morpholine rings is 1. The number of hydrogen-bond donors (Lipinski definition) is 0. The fourth-order valence-corrected chi connectivity index (χ4v) is 7.23. The Kier molecular flexibility index (Phi) is 9.61. The summed E-state index contributed by atoms with van der Waals surface area (Å²) in [6, 6.07) is 12.0. The van der Waals surface area contributed by atoms with Crippen LogP contribution in [0.4, 0.5) is 5.13 Å². The maximum Gasteiger partial charge on any atom is 0.260 e. The van der Waals surface area contributed by atoms with Crippen LogP contribution in [-0.4, -0.2) is 88.1 Å². The molecule has 206 valence electrons. The highest BCUT2D eigenvalue weighted by Crippen LogP contribution is 2.32. The van der Waals surface area contributed by atoms with E-state index in [1.165, 1.54) is 27.8 Å². The Morgan fingerprint density at radius 3 is 2.47 bits per heavy atom. The fraction of sp³-hybridized carbons (Fsp3) is 0.462. The predicted molar refractivity (Wildman–Crippen MR) is 151 cm³/mol. The Balaban J connectivity index is 0.00000336. The topological polar surface area (TPSA) is 92.3 Å². The molecule has 0 spiro atoms. The molecule has 0 bridgehead atoms. The van der Waals surface area contributed by atoms with Gasteiger partial charge in [0.15, 0.2) is 5.13 Å². The Hall–Kier alpha value is -2.28. The number of rotatable bonds is 9.